The largest absolute Gasteiger partial charge is 0.478 e. The van der Waals surface area contributed by atoms with Gasteiger partial charge >= 0.3 is 5.97 Å². The Morgan fingerprint density at radius 3 is 2.55 bits per heavy atom. The van der Waals surface area contributed by atoms with Gasteiger partial charge in [-0.05, 0) is 65.4 Å². The van der Waals surface area contributed by atoms with Crippen molar-refractivity contribution < 1.29 is 9.90 Å². The van der Waals surface area contributed by atoms with E-state index in [0.29, 0.717) is 5.56 Å². The molecule has 0 aliphatic carbocycles. The van der Waals surface area contributed by atoms with Crippen molar-refractivity contribution >= 4 is 34.6 Å². The number of benzene rings is 2. The minimum Gasteiger partial charge on any atom is -0.478 e. The molecule has 0 radical (unpaired) electrons. The van der Waals surface area contributed by atoms with Gasteiger partial charge in [0.15, 0.2) is 0 Å². The van der Waals surface area contributed by atoms with Gasteiger partial charge in [0.05, 0.1) is 5.56 Å². The van der Waals surface area contributed by atoms with E-state index in [1.807, 2.05) is 35.2 Å². The molecule has 3 aromatic rings. The quantitative estimate of drug-likeness (QED) is 0.479. The number of carboxylic acids is 1. The van der Waals surface area contributed by atoms with Gasteiger partial charge in [-0.25, -0.2) is 4.79 Å². The number of fused-ring (bicyclic) bond motifs is 1. The molecule has 0 fully saturated rings. The van der Waals surface area contributed by atoms with Crippen molar-refractivity contribution in [1.29, 1.82) is 0 Å². The second-order valence-electron chi connectivity index (χ2n) is 7.71. The van der Waals surface area contributed by atoms with Gasteiger partial charge in [-0.1, -0.05) is 44.2 Å². The number of carbonyl (C=O) groups is 1. The van der Waals surface area contributed by atoms with Crippen LogP contribution >= 0.6 is 23.1 Å². The van der Waals surface area contributed by atoms with Gasteiger partial charge in [-0.2, -0.15) is 0 Å². The third-order valence-electron chi connectivity index (χ3n) is 5.38. The predicted molar refractivity (Wildman–Crippen MR) is 123 cm³/mol. The van der Waals surface area contributed by atoms with Crippen LogP contribution in [0.2, 0.25) is 0 Å². The van der Waals surface area contributed by atoms with E-state index in [2.05, 4.69) is 57.2 Å². The Morgan fingerprint density at radius 2 is 1.86 bits per heavy atom. The number of hydrogen-bond donors (Lipinski definition) is 1. The fourth-order valence-electron chi connectivity index (χ4n) is 4.10. The van der Waals surface area contributed by atoms with Crippen LogP contribution in [0.1, 0.15) is 56.6 Å². The maximum Gasteiger partial charge on any atom is 0.335 e. The Labute approximate surface area is 180 Å². The number of aromatic carboxylic acids is 1. The van der Waals surface area contributed by atoms with Crippen molar-refractivity contribution in [3.05, 3.63) is 92.7 Å². The van der Waals surface area contributed by atoms with Crippen LogP contribution in [0.25, 0.3) is 5.57 Å². The molecule has 1 aliphatic heterocycles. The SMILES string of the molecule is Cc1ccc(C2=CCSc3ccc(C(c4ccccc4C(=O)O)C(C)C)cc32)s1. The van der Waals surface area contributed by atoms with Crippen molar-refractivity contribution in [3.63, 3.8) is 0 Å². The zero-order valence-electron chi connectivity index (χ0n) is 16.8. The summed E-state index contributed by atoms with van der Waals surface area (Å²) in [6.07, 6.45) is 2.32. The molecule has 1 N–H and O–H groups in total. The van der Waals surface area contributed by atoms with Crippen molar-refractivity contribution in [3.8, 4) is 0 Å². The molecular weight excluding hydrogens is 396 g/mol. The molecular formula is C25H24O2S2. The first-order chi connectivity index (χ1) is 14.0. The average Bonchev–Trinajstić information content (AvgIpc) is 3.13. The molecule has 0 saturated heterocycles. The zero-order valence-corrected chi connectivity index (χ0v) is 18.4. The van der Waals surface area contributed by atoms with Gasteiger partial charge in [-0.15, -0.1) is 23.1 Å². The van der Waals surface area contributed by atoms with Gasteiger partial charge < -0.3 is 5.11 Å². The highest BCUT2D eigenvalue weighted by Crippen LogP contribution is 2.42. The highest BCUT2D eigenvalue weighted by Gasteiger charge is 2.25. The van der Waals surface area contributed by atoms with Crippen LogP contribution in [0.5, 0.6) is 0 Å². The molecule has 2 nitrogen and oxygen atoms in total. The Hall–Kier alpha value is -2.30. The van der Waals surface area contributed by atoms with Crippen LogP contribution in [-0.4, -0.2) is 16.8 Å². The normalized spacial score (nSPS) is 14.4. The van der Waals surface area contributed by atoms with E-state index >= 15 is 0 Å². The lowest BCUT2D eigenvalue weighted by Crippen LogP contribution is -2.14. The summed E-state index contributed by atoms with van der Waals surface area (Å²) in [5.74, 6) is 0.426. The summed E-state index contributed by atoms with van der Waals surface area (Å²) in [4.78, 5) is 15.8. The second kappa shape index (κ2) is 8.21. The van der Waals surface area contributed by atoms with E-state index in [4.69, 9.17) is 0 Å². The standard InChI is InChI=1S/C25H24O2S2/c1-15(2)24(19-6-4-5-7-20(19)25(26)27)17-9-11-22-21(14-17)18(12-13-28-22)23-10-8-16(3)29-23/h4-12,14-15,24H,13H2,1-3H3,(H,26,27). The lowest BCUT2D eigenvalue weighted by molar-refractivity contribution is 0.0695. The van der Waals surface area contributed by atoms with E-state index in [1.54, 1.807) is 12.1 Å². The van der Waals surface area contributed by atoms with Crippen LogP contribution in [0, 0.1) is 12.8 Å². The Kier molecular flexibility index (Phi) is 5.66. The first-order valence-electron chi connectivity index (χ1n) is 9.82. The molecule has 2 heterocycles. The molecule has 4 heteroatoms. The summed E-state index contributed by atoms with van der Waals surface area (Å²) in [5, 5.41) is 9.72. The van der Waals surface area contributed by atoms with E-state index < -0.39 is 5.97 Å². The first kappa shape index (κ1) is 20.0. The topological polar surface area (TPSA) is 37.3 Å². The Bertz CT molecular complexity index is 1090. The average molecular weight is 421 g/mol. The van der Waals surface area contributed by atoms with Crippen LogP contribution in [0.4, 0.5) is 0 Å². The molecule has 0 amide bonds. The molecule has 2 aromatic carbocycles. The van der Waals surface area contributed by atoms with Crippen molar-refractivity contribution in [2.75, 3.05) is 5.75 Å². The predicted octanol–water partition coefficient (Wildman–Crippen LogP) is 7.08. The molecule has 148 valence electrons. The number of thiophene rings is 1. The highest BCUT2D eigenvalue weighted by molar-refractivity contribution is 7.99. The van der Waals surface area contributed by atoms with Gasteiger partial charge in [0.2, 0.25) is 0 Å². The van der Waals surface area contributed by atoms with Crippen LogP contribution in [0.15, 0.2) is 65.6 Å². The number of rotatable bonds is 5. The highest BCUT2D eigenvalue weighted by atomic mass is 32.2. The molecule has 1 aliphatic rings. The Morgan fingerprint density at radius 1 is 1.07 bits per heavy atom. The van der Waals surface area contributed by atoms with Crippen molar-refractivity contribution in [2.24, 2.45) is 5.92 Å². The van der Waals surface area contributed by atoms with Crippen LogP contribution in [-0.2, 0) is 0 Å². The van der Waals surface area contributed by atoms with E-state index in [0.717, 1.165) is 11.3 Å². The lowest BCUT2D eigenvalue weighted by Gasteiger charge is -2.26. The summed E-state index contributed by atoms with van der Waals surface area (Å²) < 4.78 is 0. The lowest BCUT2D eigenvalue weighted by atomic mass is 9.79. The molecule has 4 rings (SSSR count). The van der Waals surface area contributed by atoms with Crippen LogP contribution < -0.4 is 0 Å². The summed E-state index contributed by atoms with van der Waals surface area (Å²) >= 11 is 3.69. The minimum atomic E-state index is -0.866. The number of thioether (sulfide) groups is 1. The maximum absolute atomic E-state index is 11.8. The fourth-order valence-corrected chi connectivity index (χ4v) is 5.94. The molecule has 0 bridgehead atoms. The third-order valence-corrected chi connectivity index (χ3v) is 7.41. The maximum atomic E-state index is 11.8. The van der Waals surface area contributed by atoms with E-state index in [-0.39, 0.29) is 11.8 Å². The van der Waals surface area contributed by atoms with Crippen molar-refractivity contribution in [1.82, 2.24) is 0 Å². The second-order valence-corrected chi connectivity index (χ2v) is 10.1. The zero-order chi connectivity index (χ0) is 20.5. The monoisotopic (exact) mass is 420 g/mol. The molecule has 1 aromatic heterocycles. The fraction of sp³-hybridized carbons (Fsp3) is 0.240. The van der Waals surface area contributed by atoms with Crippen molar-refractivity contribution in [2.45, 2.75) is 31.6 Å². The smallest absolute Gasteiger partial charge is 0.335 e. The van der Waals surface area contributed by atoms with Gasteiger partial charge in [0.25, 0.3) is 0 Å². The molecule has 1 unspecified atom stereocenters. The number of carboxylic acid groups (broad SMARTS) is 1. The van der Waals surface area contributed by atoms with Gasteiger partial charge in [-0.3, -0.25) is 0 Å². The summed E-state index contributed by atoms with van der Waals surface area (Å²) in [7, 11) is 0. The summed E-state index contributed by atoms with van der Waals surface area (Å²) in [5.41, 5.74) is 5.01. The third kappa shape index (κ3) is 3.92. The molecule has 0 saturated carbocycles. The molecule has 1 atom stereocenters. The number of aryl methyl sites for hydroxylation is 1. The summed E-state index contributed by atoms with van der Waals surface area (Å²) in [6.45, 7) is 6.47. The van der Waals surface area contributed by atoms with Gasteiger partial charge in [0, 0.05) is 26.3 Å². The first-order valence-corrected chi connectivity index (χ1v) is 11.6. The Balaban J connectivity index is 1.84. The van der Waals surface area contributed by atoms with E-state index in [1.165, 1.54) is 31.3 Å². The van der Waals surface area contributed by atoms with Gasteiger partial charge in [0.1, 0.15) is 0 Å². The molecule has 0 spiro atoms. The number of hydrogen-bond acceptors (Lipinski definition) is 3. The van der Waals surface area contributed by atoms with Crippen LogP contribution in [0.3, 0.4) is 0 Å². The summed E-state index contributed by atoms with van der Waals surface area (Å²) in [6, 6.07) is 18.5. The molecule has 29 heavy (non-hydrogen) atoms. The minimum absolute atomic E-state index is 0.0332. The van der Waals surface area contributed by atoms with E-state index in [9.17, 15) is 9.90 Å².